The smallest absolute Gasteiger partial charge is 0.198 e. The molecule has 0 aromatic rings. The molecule has 0 saturated carbocycles. The van der Waals surface area contributed by atoms with E-state index >= 15 is 0 Å². The number of thioether (sulfide) groups is 1. The number of carbonyl (C=O) groups excluding carboxylic acids is 1. The van der Waals surface area contributed by atoms with Gasteiger partial charge in [0.25, 0.3) is 0 Å². The Bertz CT molecular complexity index is 396. The molecule has 0 radical (unpaired) electrons. The van der Waals surface area contributed by atoms with E-state index in [-0.39, 0.29) is 5.12 Å². The van der Waals surface area contributed by atoms with E-state index in [1.807, 2.05) is 0 Å². The van der Waals surface area contributed by atoms with E-state index in [1.54, 1.807) is 37.8 Å². The van der Waals surface area contributed by atoms with Crippen molar-refractivity contribution in [1.29, 1.82) is 0 Å². The van der Waals surface area contributed by atoms with E-state index < -0.39 is 30.9 Å². The molecule has 0 aromatic carbocycles. The standard InChI is InChI=1S/C3H9NOS.C3H6OS.C2H6O2S2.C2H6O2S/c1-4(2)6(3)5;1-3(4)5-2;1-5-6(2,3)4;1-4-5(2)3/h1-3H3;1-2H3;1-2H3;1-2H3. The minimum atomic E-state index is -2.75. The van der Waals surface area contributed by atoms with Gasteiger partial charge < -0.3 is 0 Å². The van der Waals surface area contributed by atoms with Crippen molar-refractivity contribution in [2.75, 3.05) is 52.5 Å². The zero-order chi connectivity index (χ0) is 18.9. The fourth-order valence-corrected chi connectivity index (χ4v) is 0. The van der Waals surface area contributed by atoms with Gasteiger partial charge in [-0.2, -0.15) is 0 Å². The van der Waals surface area contributed by atoms with Gasteiger partial charge in [-0.1, -0.05) is 11.8 Å². The lowest BCUT2D eigenvalue weighted by molar-refractivity contribution is -0.109. The second kappa shape index (κ2) is 19.6. The van der Waals surface area contributed by atoms with Crippen LogP contribution in [0, 0.1) is 0 Å². The molecule has 12 heteroatoms. The van der Waals surface area contributed by atoms with Crippen LogP contribution in [0.3, 0.4) is 0 Å². The Kier molecular flexibility index (Phi) is 27.1. The summed E-state index contributed by atoms with van der Waals surface area (Å²) in [4.78, 5) is 9.78. The van der Waals surface area contributed by atoms with E-state index in [4.69, 9.17) is 0 Å². The van der Waals surface area contributed by atoms with E-state index in [2.05, 4.69) is 4.18 Å². The molecule has 0 N–H and O–H groups in total. The van der Waals surface area contributed by atoms with Crippen LogP contribution in [0.4, 0.5) is 0 Å². The van der Waals surface area contributed by atoms with Crippen LogP contribution in [0.5, 0.6) is 0 Å². The van der Waals surface area contributed by atoms with Crippen LogP contribution in [0.2, 0.25) is 0 Å². The third kappa shape index (κ3) is 58.9. The quantitative estimate of drug-likeness (QED) is 0.627. The Morgan fingerprint density at radius 2 is 1.32 bits per heavy atom. The van der Waals surface area contributed by atoms with Gasteiger partial charge in [0, 0.05) is 25.7 Å². The van der Waals surface area contributed by atoms with Crippen molar-refractivity contribution in [3.8, 4) is 0 Å². The van der Waals surface area contributed by atoms with Gasteiger partial charge in [0.05, 0.1) is 18.1 Å². The molecule has 138 valence electrons. The summed E-state index contributed by atoms with van der Waals surface area (Å²) in [5.41, 5.74) is 0. The van der Waals surface area contributed by atoms with Crippen molar-refractivity contribution in [2.24, 2.45) is 0 Å². The van der Waals surface area contributed by atoms with Crippen molar-refractivity contribution in [3.63, 3.8) is 0 Å². The van der Waals surface area contributed by atoms with Gasteiger partial charge in [-0.05, 0) is 37.4 Å². The summed E-state index contributed by atoms with van der Waals surface area (Å²) in [7, 11) is 2.27. The summed E-state index contributed by atoms with van der Waals surface area (Å²) in [5.74, 6) is 0. The highest BCUT2D eigenvalue weighted by atomic mass is 33.1. The molecule has 0 aromatic heterocycles. The molecular formula is C10H27NO6S5. The summed E-state index contributed by atoms with van der Waals surface area (Å²) in [6, 6.07) is 0. The highest BCUT2D eigenvalue weighted by Crippen LogP contribution is 2.00. The molecule has 0 aliphatic rings. The normalized spacial score (nSPS) is 12.5. The van der Waals surface area contributed by atoms with Crippen LogP contribution < -0.4 is 0 Å². The maximum atomic E-state index is 10.2. The number of nitrogens with zero attached hydrogens (tertiary/aromatic N) is 1. The first-order chi connectivity index (χ1) is 9.74. The second-order valence-corrected chi connectivity index (χ2v) is 11.6. The third-order valence-electron chi connectivity index (χ3n) is 1.34. The predicted octanol–water partition coefficient (Wildman–Crippen LogP) is 0.973. The summed E-state index contributed by atoms with van der Waals surface area (Å²) in [6.45, 7) is 1.55. The van der Waals surface area contributed by atoms with Gasteiger partial charge in [-0.3, -0.25) is 8.98 Å². The fourth-order valence-electron chi connectivity index (χ4n) is 0. The topological polar surface area (TPSA) is 97.8 Å². The Morgan fingerprint density at radius 1 is 1.14 bits per heavy atom. The van der Waals surface area contributed by atoms with Gasteiger partial charge in [-0.25, -0.2) is 21.1 Å². The summed E-state index contributed by atoms with van der Waals surface area (Å²) < 4.78 is 45.7. The van der Waals surface area contributed by atoms with Crippen molar-refractivity contribution in [1.82, 2.24) is 4.31 Å². The monoisotopic (exact) mass is 417 g/mol. The largest absolute Gasteiger partial charge is 0.294 e. The zero-order valence-corrected chi connectivity index (χ0v) is 18.5. The predicted molar refractivity (Wildman–Crippen MR) is 101 cm³/mol. The first-order valence-electron chi connectivity index (χ1n) is 5.43. The van der Waals surface area contributed by atoms with Crippen molar-refractivity contribution >= 4 is 58.6 Å². The third-order valence-corrected chi connectivity index (χ3v) is 5.83. The highest BCUT2D eigenvalue weighted by molar-refractivity contribution is 8.71. The first-order valence-corrected chi connectivity index (χ1v) is 13.3. The minimum absolute atomic E-state index is 0.171. The molecule has 0 heterocycles. The van der Waals surface area contributed by atoms with Crippen LogP contribution in [-0.4, -0.2) is 78.7 Å². The number of carbonyl (C=O) groups is 1. The van der Waals surface area contributed by atoms with Gasteiger partial charge in [0.1, 0.15) is 0 Å². The van der Waals surface area contributed by atoms with Gasteiger partial charge >= 0.3 is 0 Å². The van der Waals surface area contributed by atoms with E-state index in [0.717, 1.165) is 10.8 Å². The Balaban J connectivity index is -0.0000000986. The molecule has 0 aliphatic carbocycles. The van der Waals surface area contributed by atoms with E-state index in [1.165, 1.54) is 37.6 Å². The fraction of sp³-hybridized carbons (Fsp3) is 0.900. The van der Waals surface area contributed by atoms with Crippen LogP contribution >= 0.6 is 22.6 Å². The molecule has 7 nitrogen and oxygen atoms in total. The molecule has 0 bridgehead atoms. The molecular weight excluding hydrogens is 390 g/mol. The van der Waals surface area contributed by atoms with E-state index in [9.17, 15) is 21.6 Å². The van der Waals surface area contributed by atoms with E-state index in [0.29, 0.717) is 0 Å². The second-order valence-electron chi connectivity index (χ2n) is 3.37. The Labute approximate surface area is 147 Å². The van der Waals surface area contributed by atoms with Crippen molar-refractivity contribution in [3.05, 3.63) is 0 Å². The van der Waals surface area contributed by atoms with Gasteiger partial charge in [-0.15, -0.1) is 0 Å². The molecule has 2 unspecified atom stereocenters. The average molecular weight is 418 g/mol. The lowest BCUT2D eigenvalue weighted by atomic mass is 10.9. The molecule has 0 rings (SSSR count). The van der Waals surface area contributed by atoms with Crippen molar-refractivity contribution in [2.45, 2.75) is 6.92 Å². The molecule has 22 heavy (non-hydrogen) atoms. The van der Waals surface area contributed by atoms with Crippen LogP contribution in [0.25, 0.3) is 0 Å². The molecule has 0 fully saturated rings. The summed E-state index contributed by atoms with van der Waals surface area (Å²) >= 11 is 0.168. The van der Waals surface area contributed by atoms with Gasteiger partial charge in [0.2, 0.25) is 0 Å². The van der Waals surface area contributed by atoms with Crippen LogP contribution in [0.1, 0.15) is 6.92 Å². The molecule has 0 saturated heterocycles. The lowest BCUT2D eigenvalue weighted by Gasteiger charge is -2.00. The van der Waals surface area contributed by atoms with Crippen LogP contribution in [-0.2, 0) is 39.9 Å². The highest BCUT2D eigenvalue weighted by Gasteiger charge is 1.91. The first kappa shape index (κ1) is 30.4. The Morgan fingerprint density at radius 3 is 1.32 bits per heavy atom. The maximum Gasteiger partial charge on any atom is 0.198 e. The lowest BCUT2D eigenvalue weighted by Crippen LogP contribution is -2.12. The molecule has 0 spiro atoms. The maximum absolute atomic E-state index is 10.2. The van der Waals surface area contributed by atoms with Crippen LogP contribution in [0.15, 0.2) is 0 Å². The molecule has 0 aliphatic heterocycles. The van der Waals surface area contributed by atoms with Crippen molar-refractivity contribution < 1.29 is 25.8 Å². The molecule has 0 amide bonds. The molecule has 2 atom stereocenters. The summed E-state index contributed by atoms with van der Waals surface area (Å²) in [5, 5.41) is 0.171. The van der Waals surface area contributed by atoms with Gasteiger partial charge in [0.15, 0.2) is 25.1 Å². The summed E-state index contributed by atoms with van der Waals surface area (Å²) in [6.07, 6.45) is 7.59. The SMILES string of the molecule is CN(C)S(C)=O.COS(C)=O.CSC(C)=O.CSS(C)(=O)=O. The Hall–Kier alpha value is 0.540. The number of hydrogen-bond acceptors (Lipinski definition) is 8. The number of rotatable bonds is 3. The number of hydrogen-bond donors (Lipinski definition) is 0. The zero-order valence-electron chi connectivity index (χ0n) is 14.4. The minimum Gasteiger partial charge on any atom is -0.294 e. The average Bonchev–Trinajstić information content (AvgIpc) is 2.39.